The minimum absolute atomic E-state index is 0.206. The molecule has 0 atom stereocenters. The van der Waals surface area contributed by atoms with Crippen LogP contribution in [0.2, 0.25) is 5.15 Å². The van der Waals surface area contributed by atoms with E-state index in [1.807, 2.05) is 0 Å². The molecule has 2 N–H and O–H groups in total. The van der Waals surface area contributed by atoms with Crippen LogP contribution in [-0.4, -0.2) is 15.5 Å². The summed E-state index contributed by atoms with van der Waals surface area (Å²) >= 11 is 6.17. The maximum absolute atomic E-state index is 6.17. The highest BCUT2D eigenvalue weighted by atomic mass is 35.5. The lowest BCUT2D eigenvalue weighted by Gasteiger charge is -2.25. The number of hydrogen-bond acceptors (Lipinski definition) is 2. The van der Waals surface area contributed by atoms with Gasteiger partial charge < -0.3 is 10.3 Å². The van der Waals surface area contributed by atoms with Crippen molar-refractivity contribution >= 4 is 11.6 Å². The van der Waals surface area contributed by atoms with Gasteiger partial charge in [-0.15, -0.1) is 0 Å². The normalized spacial score (nSPS) is 16.2. The van der Waals surface area contributed by atoms with Crippen molar-refractivity contribution in [3.8, 4) is 0 Å². The molecule has 0 spiro atoms. The Kier molecular flexibility index (Phi) is 4.33. The fourth-order valence-electron chi connectivity index (χ4n) is 2.28. The number of H-pyrrole nitrogens is 1. The molecule has 1 aromatic rings. The van der Waals surface area contributed by atoms with Crippen molar-refractivity contribution in [3.05, 3.63) is 16.7 Å². The van der Waals surface area contributed by atoms with Crippen molar-refractivity contribution in [2.45, 2.75) is 65.0 Å². The van der Waals surface area contributed by atoms with Gasteiger partial charge in [0.2, 0.25) is 0 Å². The molecule has 1 fully saturated rings. The summed E-state index contributed by atoms with van der Waals surface area (Å²) in [4.78, 5) is 7.72. The number of rotatable bonds is 7. The van der Waals surface area contributed by atoms with E-state index in [1.165, 1.54) is 19.3 Å². The van der Waals surface area contributed by atoms with Crippen LogP contribution in [0.25, 0.3) is 0 Å². The number of imidazole rings is 1. The molecule has 18 heavy (non-hydrogen) atoms. The van der Waals surface area contributed by atoms with Crippen LogP contribution in [0.15, 0.2) is 0 Å². The monoisotopic (exact) mass is 269 g/mol. The van der Waals surface area contributed by atoms with Crippen LogP contribution < -0.4 is 5.32 Å². The van der Waals surface area contributed by atoms with E-state index in [2.05, 4.69) is 36.1 Å². The molecule has 0 radical (unpaired) electrons. The Hall–Kier alpha value is -0.540. The van der Waals surface area contributed by atoms with Gasteiger partial charge in [0.05, 0.1) is 5.69 Å². The van der Waals surface area contributed by atoms with E-state index in [4.69, 9.17) is 11.6 Å². The number of aromatic nitrogens is 2. The summed E-state index contributed by atoms with van der Waals surface area (Å²) in [5, 5.41) is 4.22. The molecule has 4 heteroatoms. The predicted molar refractivity (Wildman–Crippen MR) is 75.9 cm³/mol. The second-order valence-electron chi connectivity index (χ2n) is 5.91. The van der Waals surface area contributed by atoms with Crippen LogP contribution in [0.5, 0.6) is 0 Å². The van der Waals surface area contributed by atoms with E-state index in [0.717, 1.165) is 36.8 Å². The maximum atomic E-state index is 6.17. The molecule has 1 aliphatic rings. The summed E-state index contributed by atoms with van der Waals surface area (Å²) in [5.41, 5.74) is 1.23. The lowest BCUT2D eigenvalue weighted by molar-refractivity contribution is 0.338. The van der Waals surface area contributed by atoms with E-state index in [0.29, 0.717) is 5.15 Å². The molecule has 1 aromatic heterocycles. The Morgan fingerprint density at radius 2 is 2.17 bits per heavy atom. The number of aromatic amines is 1. The fourth-order valence-corrected chi connectivity index (χ4v) is 2.50. The third-order valence-corrected chi connectivity index (χ3v) is 4.18. The molecule has 0 unspecified atom stereocenters. The zero-order valence-electron chi connectivity index (χ0n) is 11.6. The van der Waals surface area contributed by atoms with E-state index in [-0.39, 0.29) is 5.54 Å². The quantitative estimate of drug-likeness (QED) is 0.793. The van der Waals surface area contributed by atoms with Crippen LogP contribution in [0, 0.1) is 5.92 Å². The van der Waals surface area contributed by atoms with Gasteiger partial charge in [-0.3, -0.25) is 0 Å². The highest BCUT2D eigenvalue weighted by Gasteiger charge is 2.37. The first kappa shape index (κ1) is 13.9. The van der Waals surface area contributed by atoms with E-state index < -0.39 is 0 Å². The van der Waals surface area contributed by atoms with Crippen molar-refractivity contribution in [2.75, 3.05) is 0 Å². The zero-order chi connectivity index (χ0) is 13.2. The molecular formula is C14H24ClN3. The van der Waals surface area contributed by atoms with Crippen LogP contribution >= 0.6 is 11.6 Å². The van der Waals surface area contributed by atoms with Gasteiger partial charge in [0, 0.05) is 18.5 Å². The number of nitrogens with zero attached hydrogens (tertiary/aromatic N) is 1. The van der Waals surface area contributed by atoms with Crippen LogP contribution in [-0.2, 0) is 13.0 Å². The first-order chi connectivity index (χ1) is 8.53. The predicted octanol–water partition coefficient (Wildman–Crippen LogP) is 3.68. The summed E-state index contributed by atoms with van der Waals surface area (Å²) in [7, 11) is 0. The summed E-state index contributed by atoms with van der Waals surface area (Å²) in [6.07, 6.45) is 6.02. The lowest BCUT2D eigenvalue weighted by Crippen LogP contribution is -2.40. The minimum atomic E-state index is 0.206. The fraction of sp³-hybridized carbons (Fsp3) is 0.786. The van der Waals surface area contributed by atoms with Gasteiger partial charge in [-0.1, -0.05) is 24.9 Å². The molecular weight excluding hydrogens is 246 g/mol. The van der Waals surface area contributed by atoms with E-state index >= 15 is 0 Å². The molecule has 0 aliphatic heterocycles. The Balaban J connectivity index is 1.90. The summed E-state index contributed by atoms with van der Waals surface area (Å²) in [6, 6.07) is 0. The van der Waals surface area contributed by atoms with Crippen molar-refractivity contribution in [1.29, 1.82) is 0 Å². The minimum Gasteiger partial charge on any atom is -0.344 e. The van der Waals surface area contributed by atoms with E-state index in [9.17, 15) is 0 Å². The van der Waals surface area contributed by atoms with Crippen molar-refractivity contribution < 1.29 is 0 Å². The number of aryl methyl sites for hydroxylation is 1. The van der Waals surface area contributed by atoms with Gasteiger partial charge in [0.1, 0.15) is 5.82 Å². The molecule has 0 saturated heterocycles. The lowest BCUT2D eigenvalue weighted by atomic mass is 9.99. The molecule has 0 bridgehead atoms. The van der Waals surface area contributed by atoms with Gasteiger partial charge in [-0.05, 0) is 39.0 Å². The Morgan fingerprint density at radius 1 is 1.44 bits per heavy atom. The Labute approximate surface area is 115 Å². The average Bonchev–Trinajstić information content (AvgIpc) is 3.10. The number of nitrogens with one attached hydrogen (secondary N) is 2. The van der Waals surface area contributed by atoms with Crippen molar-refractivity contribution in [1.82, 2.24) is 15.3 Å². The van der Waals surface area contributed by atoms with Crippen molar-refractivity contribution in [3.63, 3.8) is 0 Å². The average molecular weight is 270 g/mol. The molecule has 1 heterocycles. The largest absolute Gasteiger partial charge is 0.344 e. The first-order valence-electron chi connectivity index (χ1n) is 7.01. The SMILES string of the molecule is CCCCc1nc(Cl)c(CNC(C)(C)C2CC2)[nH]1. The standard InChI is InChI=1S/C14H24ClN3/c1-4-5-6-12-17-11(13(15)18-12)9-16-14(2,3)10-7-8-10/h10,16H,4-9H2,1-3H3,(H,17,18). The molecule has 2 rings (SSSR count). The third-order valence-electron chi connectivity index (χ3n) is 3.86. The third kappa shape index (κ3) is 3.48. The Morgan fingerprint density at radius 3 is 2.78 bits per heavy atom. The molecule has 102 valence electrons. The smallest absolute Gasteiger partial charge is 0.151 e. The number of unbranched alkanes of at least 4 members (excludes halogenated alkanes) is 1. The van der Waals surface area contributed by atoms with Gasteiger partial charge in [-0.25, -0.2) is 4.98 Å². The second kappa shape index (κ2) is 5.62. The summed E-state index contributed by atoms with van der Waals surface area (Å²) in [6.45, 7) is 7.51. The molecule has 0 amide bonds. The molecule has 0 aromatic carbocycles. The number of hydrogen-bond donors (Lipinski definition) is 2. The van der Waals surface area contributed by atoms with Crippen LogP contribution in [0.3, 0.4) is 0 Å². The van der Waals surface area contributed by atoms with Crippen LogP contribution in [0.1, 0.15) is 58.0 Å². The van der Waals surface area contributed by atoms with Gasteiger partial charge in [0.25, 0.3) is 0 Å². The summed E-state index contributed by atoms with van der Waals surface area (Å²) in [5.74, 6) is 1.83. The molecule has 1 saturated carbocycles. The maximum Gasteiger partial charge on any atom is 0.151 e. The van der Waals surface area contributed by atoms with Crippen LogP contribution in [0.4, 0.5) is 0 Å². The first-order valence-corrected chi connectivity index (χ1v) is 7.39. The highest BCUT2D eigenvalue weighted by Crippen LogP contribution is 2.39. The van der Waals surface area contributed by atoms with E-state index in [1.54, 1.807) is 0 Å². The van der Waals surface area contributed by atoms with Gasteiger partial charge in [0.15, 0.2) is 5.15 Å². The molecule has 1 aliphatic carbocycles. The highest BCUT2D eigenvalue weighted by molar-refractivity contribution is 6.30. The second-order valence-corrected chi connectivity index (χ2v) is 6.26. The van der Waals surface area contributed by atoms with Gasteiger partial charge >= 0.3 is 0 Å². The summed E-state index contributed by atoms with van der Waals surface area (Å²) < 4.78 is 0. The topological polar surface area (TPSA) is 40.7 Å². The Bertz CT molecular complexity index is 394. The number of halogens is 1. The van der Waals surface area contributed by atoms with Gasteiger partial charge in [-0.2, -0.15) is 0 Å². The van der Waals surface area contributed by atoms with Crippen molar-refractivity contribution in [2.24, 2.45) is 5.92 Å². The zero-order valence-corrected chi connectivity index (χ0v) is 12.4. The molecule has 3 nitrogen and oxygen atoms in total.